The first kappa shape index (κ1) is 14.0. The van der Waals surface area contributed by atoms with Crippen molar-refractivity contribution in [1.82, 2.24) is 9.78 Å². The molecule has 1 N–H and O–H groups in total. The van der Waals surface area contributed by atoms with E-state index in [1.165, 1.54) is 6.07 Å². The average Bonchev–Trinajstić information content (AvgIpc) is 2.84. The van der Waals surface area contributed by atoms with Crippen molar-refractivity contribution < 1.29 is 4.92 Å². The SMILES string of the molecule is CCCn1cc(CNc2ccc([N+](=O)[O-])c(C)c2)cn1. The highest BCUT2D eigenvalue weighted by atomic mass is 16.6. The molecule has 20 heavy (non-hydrogen) atoms. The zero-order valence-electron chi connectivity index (χ0n) is 11.7. The second-order valence-electron chi connectivity index (χ2n) is 4.72. The number of rotatable bonds is 6. The summed E-state index contributed by atoms with van der Waals surface area (Å²) in [5.74, 6) is 0. The van der Waals surface area contributed by atoms with Gasteiger partial charge in [0.25, 0.3) is 5.69 Å². The van der Waals surface area contributed by atoms with E-state index >= 15 is 0 Å². The van der Waals surface area contributed by atoms with Crippen molar-refractivity contribution in [2.45, 2.75) is 33.4 Å². The van der Waals surface area contributed by atoms with Crippen LogP contribution < -0.4 is 5.32 Å². The number of nitro groups is 1. The van der Waals surface area contributed by atoms with Crippen molar-refractivity contribution in [2.75, 3.05) is 5.32 Å². The van der Waals surface area contributed by atoms with Crippen LogP contribution in [0.5, 0.6) is 0 Å². The monoisotopic (exact) mass is 274 g/mol. The third kappa shape index (κ3) is 3.34. The first-order valence-electron chi connectivity index (χ1n) is 6.60. The van der Waals surface area contributed by atoms with Crippen LogP contribution in [0.1, 0.15) is 24.5 Å². The summed E-state index contributed by atoms with van der Waals surface area (Å²) >= 11 is 0. The maximum Gasteiger partial charge on any atom is 0.272 e. The van der Waals surface area contributed by atoms with Gasteiger partial charge in [0.1, 0.15) is 0 Å². The van der Waals surface area contributed by atoms with E-state index in [2.05, 4.69) is 17.3 Å². The first-order chi connectivity index (χ1) is 9.60. The molecule has 0 aliphatic carbocycles. The molecule has 0 amide bonds. The Morgan fingerprint density at radius 1 is 1.45 bits per heavy atom. The summed E-state index contributed by atoms with van der Waals surface area (Å²) in [5.41, 5.74) is 2.76. The Bertz CT molecular complexity index is 607. The summed E-state index contributed by atoms with van der Waals surface area (Å²) in [6.45, 7) is 5.42. The zero-order valence-corrected chi connectivity index (χ0v) is 11.7. The maximum absolute atomic E-state index is 10.8. The lowest BCUT2D eigenvalue weighted by molar-refractivity contribution is -0.385. The molecular formula is C14H18N4O2. The zero-order chi connectivity index (χ0) is 14.5. The van der Waals surface area contributed by atoms with Crippen LogP contribution in [0.25, 0.3) is 0 Å². The number of benzene rings is 1. The number of nitrogens with one attached hydrogen (secondary N) is 1. The fourth-order valence-corrected chi connectivity index (χ4v) is 2.02. The number of nitrogens with zero attached hydrogens (tertiary/aromatic N) is 3. The van der Waals surface area contributed by atoms with Crippen LogP contribution in [0.2, 0.25) is 0 Å². The predicted molar refractivity (Wildman–Crippen MR) is 77.7 cm³/mol. The smallest absolute Gasteiger partial charge is 0.272 e. The Morgan fingerprint density at radius 3 is 2.90 bits per heavy atom. The molecule has 1 aromatic heterocycles. The van der Waals surface area contributed by atoms with Gasteiger partial charge in [0.15, 0.2) is 0 Å². The minimum absolute atomic E-state index is 0.145. The Hall–Kier alpha value is -2.37. The van der Waals surface area contributed by atoms with E-state index in [4.69, 9.17) is 0 Å². The molecule has 2 rings (SSSR count). The highest BCUT2D eigenvalue weighted by Gasteiger charge is 2.09. The fourth-order valence-electron chi connectivity index (χ4n) is 2.02. The molecule has 2 aromatic rings. The Labute approximate surface area is 117 Å². The highest BCUT2D eigenvalue weighted by Crippen LogP contribution is 2.21. The second kappa shape index (κ2) is 6.18. The van der Waals surface area contributed by atoms with E-state index in [0.29, 0.717) is 12.1 Å². The van der Waals surface area contributed by atoms with Crippen LogP contribution >= 0.6 is 0 Å². The number of hydrogen-bond donors (Lipinski definition) is 1. The van der Waals surface area contributed by atoms with Crippen molar-refractivity contribution in [1.29, 1.82) is 0 Å². The highest BCUT2D eigenvalue weighted by molar-refractivity contribution is 5.53. The van der Waals surface area contributed by atoms with Crippen molar-refractivity contribution >= 4 is 11.4 Å². The van der Waals surface area contributed by atoms with Crippen LogP contribution in [-0.4, -0.2) is 14.7 Å². The van der Waals surface area contributed by atoms with Crippen molar-refractivity contribution in [3.63, 3.8) is 0 Å². The molecule has 0 fully saturated rings. The number of anilines is 1. The van der Waals surface area contributed by atoms with Crippen LogP contribution in [0.3, 0.4) is 0 Å². The van der Waals surface area contributed by atoms with Crippen LogP contribution in [0.15, 0.2) is 30.6 Å². The van der Waals surface area contributed by atoms with Gasteiger partial charge in [0.2, 0.25) is 0 Å². The van der Waals surface area contributed by atoms with Crippen molar-refractivity contribution in [2.24, 2.45) is 0 Å². The van der Waals surface area contributed by atoms with Crippen LogP contribution in [-0.2, 0) is 13.1 Å². The van der Waals surface area contributed by atoms with Gasteiger partial charge in [0.05, 0.1) is 11.1 Å². The van der Waals surface area contributed by atoms with Gasteiger partial charge in [-0.1, -0.05) is 6.92 Å². The minimum atomic E-state index is -0.367. The molecule has 0 unspecified atom stereocenters. The molecule has 1 aromatic carbocycles. The minimum Gasteiger partial charge on any atom is -0.381 e. The van der Waals surface area contributed by atoms with E-state index in [9.17, 15) is 10.1 Å². The summed E-state index contributed by atoms with van der Waals surface area (Å²) in [5, 5.41) is 18.3. The number of aromatic nitrogens is 2. The van der Waals surface area contributed by atoms with Gasteiger partial charge < -0.3 is 5.32 Å². The van der Waals surface area contributed by atoms with Gasteiger partial charge >= 0.3 is 0 Å². The molecule has 0 atom stereocenters. The first-order valence-corrected chi connectivity index (χ1v) is 6.60. The lowest BCUT2D eigenvalue weighted by atomic mass is 10.2. The summed E-state index contributed by atoms with van der Waals surface area (Å²) in [6.07, 6.45) is 4.89. The molecule has 0 radical (unpaired) electrons. The molecule has 6 heteroatoms. The van der Waals surface area contributed by atoms with Gasteiger partial charge in [-0.2, -0.15) is 5.10 Å². The number of aryl methyl sites for hydroxylation is 2. The van der Waals surface area contributed by atoms with Gasteiger partial charge in [-0.05, 0) is 25.5 Å². The Balaban J connectivity index is 1.99. The predicted octanol–water partition coefficient (Wildman–Crippen LogP) is 3.12. The number of hydrogen-bond acceptors (Lipinski definition) is 4. The van der Waals surface area contributed by atoms with Crippen LogP contribution in [0, 0.1) is 17.0 Å². The molecule has 1 heterocycles. The molecular weight excluding hydrogens is 256 g/mol. The van der Waals surface area contributed by atoms with Gasteiger partial charge in [-0.15, -0.1) is 0 Å². The summed E-state index contributed by atoms with van der Waals surface area (Å²) in [6, 6.07) is 5.04. The van der Waals surface area contributed by atoms with E-state index < -0.39 is 0 Å². The third-order valence-corrected chi connectivity index (χ3v) is 3.03. The molecule has 0 bridgehead atoms. The molecule has 106 valence electrons. The summed E-state index contributed by atoms with van der Waals surface area (Å²) < 4.78 is 1.91. The van der Waals surface area contributed by atoms with Gasteiger partial charge in [-0.25, -0.2) is 0 Å². The summed E-state index contributed by atoms with van der Waals surface area (Å²) in [7, 11) is 0. The fraction of sp³-hybridized carbons (Fsp3) is 0.357. The third-order valence-electron chi connectivity index (χ3n) is 3.03. The molecule has 0 aliphatic heterocycles. The van der Waals surface area contributed by atoms with E-state index in [-0.39, 0.29) is 10.6 Å². The molecule has 0 spiro atoms. The second-order valence-corrected chi connectivity index (χ2v) is 4.72. The number of nitro benzene ring substituents is 1. The average molecular weight is 274 g/mol. The van der Waals surface area contributed by atoms with E-state index in [1.807, 2.05) is 17.1 Å². The van der Waals surface area contributed by atoms with E-state index in [0.717, 1.165) is 24.2 Å². The van der Waals surface area contributed by atoms with Crippen molar-refractivity contribution in [3.8, 4) is 0 Å². The van der Waals surface area contributed by atoms with Gasteiger partial charge in [0, 0.05) is 42.2 Å². The van der Waals surface area contributed by atoms with Gasteiger partial charge in [-0.3, -0.25) is 14.8 Å². The topological polar surface area (TPSA) is 73.0 Å². The summed E-state index contributed by atoms with van der Waals surface area (Å²) in [4.78, 5) is 10.4. The quantitative estimate of drug-likeness (QED) is 0.648. The molecule has 0 saturated heterocycles. The molecule has 0 aliphatic rings. The Morgan fingerprint density at radius 2 is 2.25 bits per heavy atom. The molecule has 6 nitrogen and oxygen atoms in total. The van der Waals surface area contributed by atoms with E-state index in [1.54, 1.807) is 19.1 Å². The largest absolute Gasteiger partial charge is 0.381 e. The Kier molecular flexibility index (Phi) is 4.34. The van der Waals surface area contributed by atoms with Crippen molar-refractivity contribution in [3.05, 3.63) is 51.8 Å². The maximum atomic E-state index is 10.8. The van der Waals surface area contributed by atoms with Crippen LogP contribution in [0.4, 0.5) is 11.4 Å². The lowest BCUT2D eigenvalue weighted by Crippen LogP contribution is -2.00. The standard InChI is InChI=1S/C14H18N4O2/c1-3-6-17-10-12(9-16-17)8-15-13-4-5-14(18(19)20)11(2)7-13/h4-5,7,9-10,15H,3,6,8H2,1-2H3. The normalized spacial score (nSPS) is 10.5. The lowest BCUT2D eigenvalue weighted by Gasteiger charge is -2.06. The molecule has 0 saturated carbocycles.